The van der Waals surface area contributed by atoms with Crippen molar-refractivity contribution in [2.75, 3.05) is 26.7 Å². The van der Waals surface area contributed by atoms with Crippen LogP contribution in [0.1, 0.15) is 0 Å². The zero-order valence-electron chi connectivity index (χ0n) is 9.76. The molecule has 0 aliphatic heterocycles. The number of methoxy groups -OCH3 is 1. The molecule has 0 amide bonds. The fourth-order valence-electron chi connectivity index (χ4n) is 1.25. The van der Waals surface area contributed by atoms with Crippen LogP contribution >= 0.6 is 0 Å². The number of esters is 1. The predicted molar refractivity (Wildman–Crippen MR) is 58.5 cm³/mol. The summed E-state index contributed by atoms with van der Waals surface area (Å²) in [6.07, 6.45) is 0. The Hall–Kier alpha value is -1.84. The number of nitrogens with one attached hydrogen (secondary N) is 1. The van der Waals surface area contributed by atoms with Gasteiger partial charge in [-0.2, -0.15) is 0 Å². The Balaban J connectivity index is 5.35. The van der Waals surface area contributed by atoms with Gasteiger partial charge in [-0.05, 0) is 0 Å². The number of carbonyl (C=O) groups is 4. The largest absolute Gasteiger partial charge is 0.479 e. The van der Waals surface area contributed by atoms with Crippen molar-refractivity contribution in [1.29, 1.82) is 0 Å². The number of hydrogen-bond acceptors (Lipinski definition) is 8. The van der Waals surface area contributed by atoms with Gasteiger partial charge in [-0.15, -0.1) is 0 Å². The van der Waals surface area contributed by atoms with E-state index in [0.717, 1.165) is 7.11 Å². The summed E-state index contributed by atoms with van der Waals surface area (Å²) in [7, 11) is 1.07. The van der Waals surface area contributed by atoms with Gasteiger partial charge in [0.1, 0.15) is 0 Å². The van der Waals surface area contributed by atoms with E-state index in [-0.39, 0.29) is 0 Å². The number of carbonyl (C=O) groups excluding carboxylic acids is 3. The summed E-state index contributed by atoms with van der Waals surface area (Å²) in [4.78, 5) is 45.3. The maximum atomic E-state index is 11.6. The summed E-state index contributed by atoms with van der Waals surface area (Å²) in [5.41, 5.74) is 7.52. The number of Topliss-reactive ketones (excluding diaryl/α,β-unsaturated/α-hetero) is 2. The van der Waals surface area contributed by atoms with Crippen LogP contribution < -0.4 is 16.8 Å². The van der Waals surface area contributed by atoms with Gasteiger partial charge in [-0.3, -0.25) is 19.7 Å². The van der Waals surface area contributed by atoms with E-state index in [2.05, 4.69) is 10.1 Å². The number of rotatable bonds is 8. The highest BCUT2D eigenvalue weighted by atomic mass is 16.5. The van der Waals surface area contributed by atoms with Crippen LogP contribution in [0.3, 0.4) is 0 Å². The number of carboxylic acids is 1. The molecule has 0 saturated heterocycles. The highest BCUT2D eigenvalue weighted by Crippen LogP contribution is 2.08. The van der Waals surface area contributed by atoms with Crippen LogP contribution in [0.4, 0.5) is 0 Å². The molecule has 0 aliphatic rings. The first-order valence-corrected chi connectivity index (χ1v) is 4.88. The molecule has 6 N–H and O–H groups in total. The first-order valence-electron chi connectivity index (χ1n) is 4.88. The third kappa shape index (κ3) is 3.09. The molecule has 0 saturated carbocycles. The predicted octanol–water partition coefficient (Wildman–Crippen LogP) is -3.37. The minimum atomic E-state index is -2.61. The van der Waals surface area contributed by atoms with Gasteiger partial charge in [0.25, 0.3) is 0 Å². The third-order valence-electron chi connectivity index (χ3n) is 2.25. The van der Waals surface area contributed by atoms with Crippen LogP contribution in [0.2, 0.25) is 0 Å². The molecule has 0 aliphatic carbocycles. The zero-order chi connectivity index (χ0) is 14.3. The molecule has 0 aromatic rings. The number of ether oxygens (including phenoxy) is 1. The third-order valence-corrected chi connectivity index (χ3v) is 2.25. The van der Waals surface area contributed by atoms with Gasteiger partial charge in [0.15, 0.2) is 11.6 Å². The number of ketones is 2. The minimum Gasteiger partial charge on any atom is -0.479 e. The van der Waals surface area contributed by atoms with Gasteiger partial charge in [0, 0.05) is 0 Å². The molecule has 0 radical (unpaired) electrons. The van der Waals surface area contributed by atoms with E-state index in [1.807, 2.05) is 0 Å². The van der Waals surface area contributed by atoms with E-state index in [9.17, 15) is 19.2 Å². The molecule has 0 spiro atoms. The van der Waals surface area contributed by atoms with Gasteiger partial charge < -0.3 is 21.3 Å². The Morgan fingerprint density at radius 2 is 1.61 bits per heavy atom. The molecule has 18 heavy (non-hydrogen) atoms. The lowest BCUT2D eigenvalue weighted by atomic mass is 9.88. The highest BCUT2D eigenvalue weighted by Gasteiger charge is 2.51. The molecule has 0 atom stereocenters. The molecule has 0 bridgehead atoms. The molecule has 0 rings (SSSR count). The smallest absolute Gasteiger partial charge is 0.339 e. The van der Waals surface area contributed by atoms with Gasteiger partial charge in [-0.1, -0.05) is 0 Å². The van der Waals surface area contributed by atoms with Crippen LogP contribution in [0, 0.1) is 0 Å². The number of aliphatic carboxylic acids is 1. The summed E-state index contributed by atoms with van der Waals surface area (Å²) in [5, 5.41) is 11.1. The van der Waals surface area contributed by atoms with Crippen molar-refractivity contribution >= 4 is 23.5 Å². The van der Waals surface area contributed by atoms with Crippen LogP contribution in [-0.4, -0.2) is 60.9 Å². The molecule has 0 aromatic carbocycles. The lowest BCUT2D eigenvalue weighted by Gasteiger charge is -2.26. The van der Waals surface area contributed by atoms with Crippen molar-refractivity contribution < 1.29 is 29.0 Å². The fourth-order valence-corrected chi connectivity index (χ4v) is 1.25. The summed E-state index contributed by atoms with van der Waals surface area (Å²) < 4.78 is 4.27. The molecular weight excluding hydrogens is 246 g/mol. The lowest BCUT2D eigenvalue weighted by molar-refractivity contribution is -0.154. The van der Waals surface area contributed by atoms with Crippen molar-refractivity contribution in [2.45, 2.75) is 5.54 Å². The van der Waals surface area contributed by atoms with Gasteiger partial charge in [0.05, 0.1) is 26.7 Å². The van der Waals surface area contributed by atoms with E-state index in [0.29, 0.717) is 0 Å². The Labute approximate surface area is 102 Å². The van der Waals surface area contributed by atoms with E-state index in [1.165, 1.54) is 0 Å². The molecule has 9 heteroatoms. The first kappa shape index (κ1) is 16.2. The van der Waals surface area contributed by atoms with E-state index in [1.54, 1.807) is 0 Å². The van der Waals surface area contributed by atoms with Crippen LogP contribution in [0.5, 0.6) is 0 Å². The van der Waals surface area contributed by atoms with Gasteiger partial charge >= 0.3 is 11.9 Å². The van der Waals surface area contributed by atoms with Crippen LogP contribution in [-0.2, 0) is 23.9 Å². The van der Waals surface area contributed by atoms with E-state index >= 15 is 0 Å². The van der Waals surface area contributed by atoms with Crippen molar-refractivity contribution in [1.82, 2.24) is 5.32 Å². The first-order chi connectivity index (χ1) is 8.36. The summed E-state index contributed by atoms with van der Waals surface area (Å²) in [5.74, 6) is -4.78. The Morgan fingerprint density at radius 1 is 1.17 bits per heavy atom. The maximum Gasteiger partial charge on any atom is 0.339 e. The topological polar surface area (TPSA) is 162 Å². The average Bonchev–Trinajstić information content (AvgIpc) is 2.37. The molecule has 0 fully saturated rings. The summed E-state index contributed by atoms with van der Waals surface area (Å²) >= 11 is 0. The number of nitrogens with two attached hydrogens (primary N) is 2. The van der Waals surface area contributed by atoms with Crippen molar-refractivity contribution in [2.24, 2.45) is 11.5 Å². The lowest BCUT2D eigenvalue weighted by Crippen LogP contribution is -2.67. The molecule has 102 valence electrons. The Kier molecular flexibility index (Phi) is 6.09. The fraction of sp³-hybridized carbons (Fsp3) is 0.556. The quantitative estimate of drug-likeness (QED) is 0.258. The average molecular weight is 261 g/mol. The normalized spacial score (nSPS) is 10.8. The van der Waals surface area contributed by atoms with Gasteiger partial charge in [0.2, 0.25) is 5.54 Å². The molecule has 0 unspecified atom stereocenters. The second kappa shape index (κ2) is 6.79. The van der Waals surface area contributed by atoms with Crippen molar-refractivity contribution in [3.8, 4) is 0 Å². The minimum absolute atomic E-state index is 0.639. The molecule has 0 aromatic heterocycles. The maximum absolute atomic E-state index is 11.6. The van der Waals surface area contributed by atoms with Crippen LogP contribution in [0.25, 0.3) is 0 Å². The Bertz CT molecular complexity index is 351. The summed E-state index contributed by atoms with van der Waals surface area (Å²) in [6, 6.07) is 0. The molecule has 9 nitrogen and oxygen atoms in total. The Morgan fingerprint density at radius 3 is 1.89 bits per heavy atom. The van der Waals surface area contributed by atoms with E-state index in [4.69, 9.17) is 16.6 Å². The highest BCUT2D eigenvalue weighted by molar-refractivity contribution is 6.28. The summed E-state index contributed by atoms with van der Waals surface area (Å²) in [6.45, 7) is -2.02. The molecule has 0 heterocycles. The van der Waals surface area contributed by atoms with Crippen molar-refractivity contribution in [3.63, 3.8) is 0 Å². The number of carboxylic acid groups (broad SMARTS) is 1. The van der Waals surface area contributed by atoms with E-state index < -0.39 is 48.7 Å². The van der Waals surface area contributed by atoms with Crippen LogP contribution in [0.15, 0.2) is 0 Å². The second-order valence-corrected chi connectivity index (χ2v) is 3.24. The molecular formula is C9H15N3O6. The second-order valence-electron chi connectivity index (χ2n) is 3.24. The standard InChI is InChI=1S/C9H15N3O6/c1-18-7(15)4-12-9(8(16)17,5(13)2-10)6(14)3-11/h12H,2-4,10-11H2,1H3,(H,16,17). The van der Waals surface area contributed by atoms with Crippen molar-refractivity contribution in [3.05, 3.63) is 0 Å². The van der Waals surface area contributed by atoms with Gasteiger partial charge in [-0.25, -0.2) is 4.79 Å². The SMILES string of the molecule is COC(=O)CNC(C(=O)O)(C(=O)CN)C(=O)CN. The number of hydrogen-bond donors (Lipinski definition) is 4. The zero-order valence-corrected chi connectivity index (χ0v) is 9.76. The monoisotopic (exact) mass is 261 g/mol.